The van der Waals surface area contributed by atoms with Crippen LogP contribution in [0.2, 0.25) is 0 Å². The van der Waals surface area contributed by atoms with E-state index in [-0.39, 0.29) is 6.10 Å². The fourth-order valence-electron chi connectivity index (χ4n) is 3.70. The van der Waals surface area contributed by atoms with E-state index in [0.717, 1.165) is 23.4 Å². The van der Waals surface area contributed by atoms with E-state index in [4.69, 9.17) is 18.9 Å². The summed E-state index contributed by atoms with van der Waals surface area (Å²) in [4.78, 5) is 11.0. The Labute approximate surface area is 163 Å². The Balaban J connectivity index is 1.69. The Bertz CT molecular complexity index is 983. The highest BCUT2D eigenvalue weighted by Crippen LogP contribution is 2.44. The number of likely N-dealkylation sites (N-methyl/N-ethyl adjacent to an activating group) is 1. The quantitative estimate of drug-likeness (QED) is 0.650. The van der Waals surface area contributed by atoms with Gasteiger partial charge < -0.3 is 23.8 Å². The summed E-state index contributed by atoms with van der Waals surface area (Å²) in [6.45, 7) is 0.692. The molecule has 28 heavy (non-hydrogen) atoms. The average Bonchev–Trinajstić information content (AvgIpc) is 3.13. The SMILES string of the molecule is COc1cc2c(N(C)CC3Cc4ccccc4O3)ncnc2c(OC)c1OC. The summed E-state index contributed by atoms with van der Waals surface area (Å²) in [5.41, 5.74) is 1.91. The van der Waals surface area contributed by atoms with E-state index in [1.807, 2.05) is 31.3 Å². The molecule has 3 aromatic rings. The number of rotatable bonds is 6. The lowest BCUT2D eigenvalue weighted by Crippen LogP contribution is -2.32. The fourth-order valence-corrected chi connectivity index (χ4v) is 3.70. The molecule has 0 radical (unpaired) electrons. The van der Waals surface area contributed by atoms with Crippen molar-refractivity contribution in [3.63, 3.8) is 0 Å². The molecule has 1 aromatic heterocycles. The minimum Gasteiger partial charge on any atom is -0.493 e. The van der Waals surface area contributed by atoms with Gasteiger partial charge in [0.25, 0.3) is 0 Å². The number of benzene rings is 2. The summed E-state index contributed by atoms with van der Waals surface area (Å²) in [6, 6.07) is 10.0. The Hall–Kier alpha value is -3.22. The van der Waals surface area contributed by atoms with Gasteiger partial charge in [-0.1, -0.05) is 18.2 Å². The van der Waals surface area contributed by atoms with Crippen LogP contribution in [-0.4, -0.2) is 51.0 Å². The molecule has 0 aliphatic carbocycles. The van der Waals surface area contributed by atoms with Crippen molar-refractivity contribution >= 4 is 16.7 Å². The van der Waals surface area contributed by atoms with Gasteiger partial charge in [0.1, 0.15) is 29.5 Å². The summed E-state index contributed by atoms with van der Waals surface area (Å²) >= 11 is 0. The zero-order chi connectivity index (χ0) is 19.7. The van der Waals surface area contributed by atoms with Crippen molar-refractivity contribution in [1.82, 2.24) is 9.97 Å². The second kappa shape index (κ2) is 7.42. The van der Waals surface area contributed by atoms with Gasteiger partial charge in [-0.25, -0.2) is 9.97 Å². The van der Waals surface area contributed by atoms with Gasteiger partial charge in [-0.3, -0.25) is 0 Å². The first-order chi connectivity index (χ1) is 13.7. The van der Waals surface area contributed by atoms with Crippen molar-refractivity contribution in [2.45, 2.75) is 12.5 Å². The molecule has 2 aromatic carbocycles. The monoisotopic (exact) mass is 381 g/mol. The molecule has 7 heteroatoms. The van der Waals surface area contributed by atoms with Crippen LogP contribution in [0.15, 0.2) is 36.7 Å². The maximum Gasteiger partial charge on any atom is 0.205 e. The molecule has 1 atom stereocenters. The van der Waals surface area contributed by atoms with Crippen LogP contribution in [-0.2, 0) is 6.42 Å². The molecule has 0 fully saturated rings. The van der Waals surface area contributed by atoms with E-state index >= 15 is 0 Å². The van der Waals surface area contributed by atoms with Gasteiger partial charge >= 0.3 is 0 Å². The van der Waals surface area contributed by atoms with Gasteiger partial charge in [0.2, 0.25) is 5.75 Å². The largest absolute Gasteiger partial charge is 0.493 e. The van der Waals surface area contributed by atoms with E-state index in [1.165, 1.54) is 11.9 Å². The van der Waals surface area contributed by atoms with Crippen molar-refractivity contribution in [3.8, 4) is 23.0 Å². The predicted octanol–water partition coefficient (Wildman–Crippen LogP) is 3.10. The molecule has 1 aliphatic heterocycles. The molecule has 2 heterocycles. The summed E-state index contributed by atoms with van der Waals surface area (Å²) in [5.74, 6) is 3.35. The Morgan fingerprint density at radius 2 is 1.86 bits per heavy atom. The van der Waals surface area contributed by atoms with Crippen LogP contribution in [0.5, 0.6) is 23.0 Å². The molecule has 1 aliphatic rings. The number of ether oxygens (including phenoxy) is 4. The second-order valence-corrected chi connectivity index (χ2v) is 6.67. The summed E-state index contributed by atoms with van der Waals surface area (Å²) in [5, 5.41) is 0.829. The van der Waals surface area contributed by atoms with Crippen LogP contribution in [0.3, 0.4) is 0 Å². The van der Waals surface area contributed by atoms with Crippen LogP contribution in [0.4, 0.5) is 5.82 Å². The molecular formula is C21H23N3O4. The van der Waals surface area contributed by atoms with Crippen molar-refractivity contribution in [2.75, 3.05) is 39.8 Å². The van der Waals surface area contributed by atoms with Crippen molar-refractivity contribution in [1.29, 1.82) is 0 Å². The standard InChI is InChI=1S/C21H23N3O4/c1-24(11-14-9-13-7-5-6-8-16(13)28-14)21-15-10-17(25-2)19(26-3)20(27-4)18(15)22-12-23-21/h5-8,10,12,14H,9,11H2,1-4H3. The van der Waals surface area contributed by atoms with Gasteiger partial charge in [0, 0.05) is 13.5 Å². The van der Waals surface area contributed by atoms with Gasteiger partial charge in [-0.2, -0.15) is 0 Å². The predicted molar refractivity (Wildman–Crippen MR) is 107 cm³/mol. The lowest BCUT2D eigenvalue weighted by Gasteiger charge is -2.24. The molecular weight excluding hydrogens is 358 g/mol. The zero-order valence-electron chi connectivity index (χ0n) is 16.4. The van der Waals surface area contributed by atoms with E-state index < -0.39 is 0 Å². The average molecular weight is 381 g/mol. The molecule has 0 N–H and O–H groups in total. The second-order valence-electron chi connectivity index (χ2n) is 6.67. The third-order valence-electron chi connectivity index (χ3n) is 4.96. The summed E-state index contributed by atoms with van der Waals surface area (Å²) < 4.78 is 22.6. The molecule has 7 nitrogen and oxygen atoms in total. The van der Waals surface area contributed by atoms with Crippen LogP contribution >= 0.6 is 0 Å². The highest BCUT2D eigenvalue weighted by atomic mass is 16.5. The smallest absolute Gasteiger partial charge is 0.205 e. The maximum absolute atomic E-state index is 6.08. The lowest BCUT2D eigenvalue weighted by atomic mass is 10.1. The van der Waals surface area contributed by atoms with Gasteiger partial charge in [0.05, 0.1) is 33.3 Å². The highest BCUT2D eigenvalue weighted by Gasteiger charge is 2.26. The first-order valence-electron chi connectivity index (χ1n) is 9.05. The number of aromatic nitrogens is 2. The third kappa shape index (κ3) is 3.02. The van der Waals surface area contributed by atoms with Gasteiger partial charge in [-0.05, 0) is 17.7 Å². The molecule has 0 spiro atoms. The normalized spacial score (nSPS) is 15.1. The summed E-state index contributed by atoms with van der Waals surface area (Å²) in [6.07, 6.45) is 2.48. The first-order valence-corrected chi connectivity index (χ1v) is 9.05. The highest BCUT2D eigenvalue weighted by molar-refractivity contribution is 5.97. The van der Waals surface area contributed by atoms with Crippen LogP contribution in [0.1, 0.15) is 5.56 Å². The number of fused-ring (bicyclic) bond motifs is 2. The van der Waals surface area contributed by atoms with E-state index in [9.17, 15) is 0 Å². The molecule has 146 valence electrons. The van der Waals surface area contributed by atoms with Crippen molar-refractivity contribution in [3.05, 3.63) is 42.2 Å². The Kier molecular flexibility index (Phi) is 4.81. The number of nitrogens with zero attached hydrogens (tertiary/aromatic N) is 3. The number of hydrogen-bond donors (Lipinski definition) is 0. The van der Waals surface area contributed by atoms with E-state index in [2.05, 4.69) is 20.9 Å². The number of methoxy groups -OCH3 is 3. The molecule has 1 unspecified atom stereocenters. The van der Waals surface area contributed by atoms with Crippen LogP contribution in [0, 0.1) is 0 Å². The maximum atomic E-state index is 6.08. The van der Waals surface area contributed by atoms with E-state index in [0.29, 0.717) is 29.3 Å². The fraction of sp³-hybridized carbons (Fsp3) is 0.333. The van der Waals surface area contributed by atoms with Gasteiger partial charge in [-0.15, -0.1) is 0 Å². The van der Waals surface area contributed by atoms with E-state index in [1.54, 1.807) is 21.3 Å². The Morgan fingerprint density at radius 3 is 2.57 bits per heavy atom. The van der Waals surface area contributed by atoms with Crippen molar-refractivity contribution < 1.29 is 18.9 Å². The minimum atomic E-state index is 0.0643. The molecule has 0 saturated carbocycles. The van der Waals surface area contributed by atoms with Crippen LogP contribution < -0.4 is 23.8 Å². The topological polar surface area (TPSA) is 65.9 Å². The number of hydrogen-bond acceptors (Lipinski definition) is 7. The van der Waals surface area contributed by atoms with Crippen molar-refractivity contribution in [2.24, 2.45) is 0 Å². The summed E-state index contributed by atoms with van der Waals surface area (Å²) in [7, 11) is 6.76. The number of anilines is 1. The molecule has 0 saturated heterocycles. The zero-order valence-corrected chi connectivity index (χ0v) is 16.4. The molecule has 0 amide bonds. The van der Waals surface area contributed by atoms with Crippen LogP contribution in [0.25, 0.3) is 10.9 Å². The third-order valence-corrected chi connectivity index (χ3v) is 4.96. The van der Waals surface area contributed by atoms with Gasteiger partial charge in [0.15, 0.2) is 11.5 Å². The minimum absolute atomic E-state index is 0.0643. The molecule has 4 rings (SSSR count). The Morgan fingerprint density at radius 1 is 1.07 bits per heavy atom. The lowest BCUT2D eigenvalue weighted by molar-refractivity contribution is 0.239. The molecule has 0 bridgehead atoms. The number of para-hydroxylation sites is 1. The first kappa shape index (κ1) is 18.2.